The van der Waals surface area contributed by atoms with Gasteiger partial charge in [0.15, 0.2) is 29.0 Å². The molecule has 1 N–H and O–H groups in total. The summed E-state index contributed by atoms with van der Waals surface area (Å²) < 4.78 is 26.1. The van der Waals surface area contributed by atoms with E-state index in [1.807, 2.05) is 42.7 Å². The van der Waals surface area contributed by atoms with Gasteiger partial charge in [0.2, 0.25) is 0 Å². The zero-order valence-corrected chi connectivity index (χ0v) is 19.5. The fraction of sp³-hybridized carbons (Fsp3) is 0.458. The van der Waals surface area contributed by atoms with Gasteiger partial charge in [0.1, 0.15) is 24.6 Å². The van der Waals surface area contributed by atoms with Crippen molar-refractivity contribution in [2.75, 3.05) is 18.5 Å². The largest absolute Gasteiger partial charge is 0.379 e. The Kier molecular flexibility index (Phi) is 5.43. The number of hydrogen-bond acceptors (Lipinski definition) is 8. The highest BCUT2D eigenvalue weighted by Gasteiger charge is 2.56. The summed E-state index contributed by atoms with van der Waals surface area (Å²) in [5.74, 6) is 6.24. The van der Waals surface area contributed by atoms with E-state index in [0.29, 0.717) is 28.6 Å². The SMILES string of the molecule is CC1(C)O[C@@H]2[C@H](O1)[C@@H](C#Cc1ccccc1Cl)O[C@H]2n1cnc2c(NC3CCOC3)ncnc21. The van der Waals surface area contributed by atoms with Gasteiger partial charge in [0.05, 0.1) is 24.0 Å². The van der Waals surface area contributed by atoms with Gasteiger partial charge in [-0.15, -0.1) is 0 Å². The highest BCUT2D eigenvalue weighted by Crippen LogP contribution is 2.43. The van der Waals surface area contributed by atoms with Crippen LogP contribution in [0.15, 0.2) is 36.9 Å². The highest BCUT2D eigenvalue weighted by atomic mass is 35.5. The first-order valence-electron chi connectivity index (χ1n) is 11.3. The van der Waals surface area contributed by atoms with Crippen LogP contribution in [0.4, 0.5) is 5.82 Å². The van der Waals surface area contributed by atoms with Crippen LogP contribution in [0.2, 0.25) is 5.02 Å². The Morgan fingerprint density at radius 3 is 2.82 bits per heavy atom. The number of fused-ring (bicyclic) bond motifs is 2. The molecule has 3 aromatic rings. The topological polar surface area (TPSA) is 92.6 Å². The Hall–Kier alpha value is -2.74. The number of nitrogens with one attached hydrogen (secondary N) is 1. The molecule has 3 saturated heterocycles. The molecule has 3 aliphatic heterocycles. The number of hydrogen-bond donors (Lipinski definition) is 1. The maximum Gasteiger partial charge on any atom is 0.167 e. The van der Waals surface area contributed by atoms with Crippen LogP contribution in [0.25, 0.3) is 11.2 Å². The number of halogens is 1. The van der Waals surface area contributed by atoms with Gasteiger partial charge in [0.25, 0.3) is 0 Å². The average molecular weight is 482 g/mol. The zero-order chi connectivity index (χ0) is 23.3. The third-order valence-electron chi connectivity index (χ3n) is 6.16. The molecule has 0 bridgehead atoms. The normalized spacial score (nSPS) is 29.7. The van der Waals surface area contributed by atoms with E-state index in [0.717, 1.165) is 18.6 Å². The Morgan fingerprint density at radius 2 is 2.00 bits per heavy atom. The van der Waals surface area contributed by atoms with Crippen molar-refractivity contribution >= 4 is 28.6 Å². The van der Waals surface area contributed by atoms with Crippen LogP contribution in [-0.2, 0) is 18.9 Å². The Balaban J connectivity index is 1.33. The van der Waals surface area contributed by atoms with Crippen molar-refractivity contribution in [2.45, 2.75) is 56.6 Å². The molecule has 3 aliphatic rings. The number of rotatable bonds is 3. The first kappa shape index (κ1) is 21.8. The molecule has 0 saturated carbocycles. The molecule has 3 fully saturated rings. The summed E-state index contributed by atoms with van der Waals surface area (Å²) >= 11 is 6.28. The summed E-state index contributed by atoms with van der Waals surface area (Å²) in [6, 6.07) is 7.66. The number of imidazole rings is 1. The molecule has 1 aromatic carbocycles. The molecule has 0 amide bonds. The number of benzene rings is 1. The molecule has 176 valence electrons. The standard InChI is InChI=1S/C24H24ClN5O4/c1-24(2)33-19-17(8-7-14-5-3-4-6-16(14)25)32-23(20(19)34-24)30-13-28-18-21(26-12-27-22(18)30)29-15-9-10-31-11-15/h3-6,12-13,15,17,19-20,23H,9-11H2,1-2H3,(H,26,27,29)/t15?,17-,19-,20-,23-/m1/s1. The first-order valence-corrected chi connectivity index (χ1v) is 11.7. The summed E-state index contributed by atoms with van der Waals surface area (Å²) in [6.07, 6.45) is 2.37. The van der Waals surface area contributed by atoms with Crippen molar-refractivity contribution in [3.8, 4) is 11.8 Å². The van der Waals surface area contributed by atoms with Crippen LogP contribution in [0.1, 0.15) is 32.1 Å². The second-order valence-corrected chi connectivity index (χ2v) is 9.42. The predicted molar refractivity (Wildman–Crippen MR) is 124 cm³/mol. The molecule has 0 radical (unpaired) electrons. The summed E-state index contributed by atoms with van der Waals surface area (Å²) in [7, 11) is 0. The molecule has 10 heteroatoms. The van der Waals surface area contributed by atoms with Gasteiger partial charge in [-0.3, -0.25) is 4.57 Å². The van der Waals surface area contributed by atoms with E-state index in [2.05, 4.69) is 32.1 Å². The van der Waals surface area contributed by atoms with Crippen LogP contribution in [-0.4, -0.2) is 62.9 Å². The molecule has 1 unspecified atom stereocenters. The van der Waals surface area contributed by atoms with Crippen LogP contribution < -0.4 is 5.32 Å². The van der Waals surface area contributed by atoms with Crippen LogP contribution in [0, 0.1) is 11.8 Å². The van der Waals surface area contributed by atoms with Crippen molar-refractivity contribution in [1.82, 2.24) is 19.5 Å². The molecular formula is C24H24ClN5O4. The van der Waals surface area contributed by atoms with Gasteiger partial charge in [0, 0.05) is 12.2 Å². The lowest BCUT2D eigenvalue weighted by Crippen LogP contribution is -2.28. The lowest BCUT2D eigenvalue weighted by atomic mass is 10.1. The van der Waals surface area contributed by atoms with Gasteiger partial charge >= 0.3 is 0 Å². The van der Waals surface area contributed by atoms with Crippen LogP contribution >= 0.6 is 11.6 Å². The quantitative estimate of drug-likeness (QED) is 0.570. The van der Waals surface area contributed by atoms with Crippen molar-refractivity contribution in [2.24, 2.45) is 0 Å². The average Bonchev–Trinajstić information content (AvgIpc) is 3.58. The van der Waals surface area contributed by atoms with Crippen LogP contribution in [0.3, 0.4) is 0 Å². The number of anilines is 1. The van der Waals surface area contributed by atoms with Crippen molar-refractivity contribution in [3.05, 3.63) is 47.5 Å². The summed E-state index contributed by atoms with van der Waals surface area (Å²) in [6.45, 7) is 5.17. The number of nitrogens with zero attached hydrogens (tertiary/aromatic N) is 4. The molecule has 9 nitrogen and oxygen atoms in total. The van der Waals surface area contributed by atoms with E-state index in [1.54, 1.807) is 6.33 Å². The van der Waals surface area contributed by atoms with Crippen molar-refractivity contribution < 1.29 is 18.9 Å². The Bertz CT molecular complexity index is 1280. The zero-order valence-electron chi connectivity index (χ0n) is 18.8. The number of ether oxygens (including phenoxy) is 4. The second kappa shape index (κ2) is 8.48. The molecule has 0 aliphatic carbocycles. The Morgan fingerprint density at radius 1 is 1.15 bits per heavy atom. The monoisotopic (exact) mass is 481 g/mol. The second-order valence-electron chi connectivity index (χ2n) is 9.01. The maximum absolute atomic E-state index is 6.36. The fourth-order valence-electron chi connectivity index (χ4n) is 4.61. The summed E-state index contributed by atoms with van der Waals surface area (Å²) in [4.78, 5) is 13.5. The molecule has 6 rings (SSSR count). The van der Waals surface area contributed by atoms with E-state index in [-0.39, 0.29) is 18.2 Å². The minimum Gasteiger partial charge on any atom is -0.379 e. The smallest absolute Gasteiger partial charge is 0.167 e. The molecule has 2 aromatic heterocycles. The van der Waals surface area contributed by atoms with E-state index in [4.69, 9.17) is 30.5 Å². The lowest BCUT2D eigenvalue weighted by molar-refractivity contribution is -0.190. The van der Waals surface area contributed by atoms with Crippen molar-refractivity contribution in [3.63, 3.8) is 0 Å². The third kappa shape index (κ3) is 3.91. The van der Waals surface area contributed by atoms with Gasteiger partial charge in [-0.25, -0.2) is 15.0 Å². The van der Waals surface area contributed by atoms with E-state index >= 15 is 0 Å². The van der Waals surface area contributed by atoms with Gasteiger partial charge in [-0.2, -0.15) is 0 Å². The molecule has 34 heavy (non-hydrogen) atoms. The predicted octanol–water partition coefficient (Wildman–Crippen LogP) is 3.15. The van der Waals surface area contributed by atoms with E-state index < -0.39 is 18.1 Å². The summed E-state index contributed by atoms with van der Waals surface area (Å²) in [5, 5.41) is 4.01. The van der Waals surface area contributed by atoms with E-state index in [1.165, 1.54) is 6.33 Å². The minimum atomic E-state index is -0.762. The van der Waals surface area contributed by atoms with E-state index in [9.17, 15) is 0 Å². The molecule has 0 spiro atoms. The van der Waals surface area contributed by atoms with Gasteiger partial charge in [-0.1, -0.05) is 35.6 Å². The maximum atomic E-state index is 6.36. The lowest BCUT2D eigenvalue weighted by Gasteiger charge is -2.23. The summed E-state index contributed by atoms with van der Waals surface area (Å²) in [5.41, 5.74) is 2.05. The van der Waals surface area contributed by atoms with Crippen LogP contribution in [0.5, 0.6) is 0 Å². The third-order valence-corrected chi connectivity index (χ3v) is 6.49. The first-order chi connectivity index (χ1) is 16.5. The fourth-order valence-corrected chi connectivity index (χ4v) is 4.80. The minimum absolute atomic E-state index is 0.201. The highest BCUT2D eigenvalue weighted by molar-refractivity contribution is 6.31. The molecular weight excluding hydrogens is 458 g/mol. The van der Waals surface area contributed by atoms with Gasteiger partial charge < -0.3 is 24.3 Å². The molecule has 5 heterocycles. The number of aromatic nitrogens is 4. The van der Waals surface area contributed by atoms with Crippen molar-refractivity contribution in [1.29, 1.82) is 0 Å². The molecule has 5 atom stereocenters. The van der Waals surface area contributed by atoms with Gasteiger partial charge in [-0.05, 0) is 32.4 Å². The Labute approximate surface area is 201 Å².